The van der Waals surface area contributed by atoms with Crippen LogP contribution in [0.15, 0.2) is 42.6 Å². The van der Waals surface area contributed by atoms with Crippen molar-refractivity contribution >= 4 is 16.9 Å². The van der Waals surface area contributed by atoms with E-state index in [-0.39, 0.29) is 5.91 Å². The Balaban J connectivity index is 1.41. The number of fused-ring (bicyclic) bond motifs is 1. The lowest BCUT2D eigenvalue weighted by molar-refractivity contribution is -0.120. The first-order valence-electron chi connectivity index (χ1n) is 9.67. The third-order valence-corrected chi connectivity index (χ3v) is 5.17. The van der Waals surface area contributed by atoms with Gasteiger partial charge in [-0.05, 0) is 31.2 Å². The zero-order valence-electron chi connectivity index (χ0n) is 16.0. The fourth-order valence-corrected chi connectivity index (χ4v) is 3.77. The Labute approximate surface area is 164 Å². The summed E-state index contributed by atoms with van der Waals surface area (Å²) in [5.41, 5.74) is 2.86. The predicted molar refractivity (Wildman–Crippen MR) is 107 cm³/mol. The minimum Gasteiger partial charge on any atom is -0.496 e. The number of amides is 1. The van der Waals surface area contributed by atoms with Crippen LogP contribution in [0.2, 0.25) is 0 Å². The standard InChI is InChI=1S/C21H25N5O2/c1-28-18-7-3-2-5-15(18)13-19(27)23-11-12-26-21-17(6-4-9-24-21)20(25-26)16-8-10-22-14-16/h2-7,9,16,22H,8,10-14H2,1H3,(H,23,27)/t16-/m1/s1. The van der Waals surface area contributed by atoms with Crippen LogP contribution in [0.1, 0.15) is 23.6 Å². The van der Waals surface area contributed by atoms with Gasteiger partial charge in [0.25, 0.3) is 0 Å². The van der Waals surface area contributed by atoms with E-state index in [1.54, 1.807) is 13.3 Å². The topological polar surface area (TPSA) is 81.1 Å². The lowest BCUT2D eigenvalue weighted by atomic mass is 10.0. The summed E-state index contributed by atoms with van der Waals surface area (Å²) in [5.74, 6) is 1.12. The monoisotopic (exact) mass is 379 g/mol. The maximum Gasteiger partial charge on any atom is 0.224 e. The molecule has 1 aromatic carbocycles. The SMILES string of the molecule is COc1ccccc1CC(=O)NCCn1nc([C@@H]2CCNC2)c2cccnc21. The van der Waals surface area contributed by atoms with E-state index in [9.17, 15) is 4.79 Å². The summed E-state index contributed by atoms with van der Waals surface area (Å²) in [4.78, 5) is 16.8. The van der Waals surface area contributed by atoms with Crippen molar-refractivity contribution in [1.82, 2.24) is 25.4 Å². The molecule has 1 aliphatic heterocycles. The quantitative estimate of drug-likeness (QED) is 0.655. The predicted octanol–water partition coefficient (Wildman–Crippen LogP) is 1.88. The van der Waals surface area contributed by atoms with Crippen LogP contribution in [0.25, 0.3) is 11.0 Å². The highest BCUT2D eigenvalue weighted by atomic mass is 16.5. The van der Waals surface area contributed by atoms with Crippen LogP contribution in [0, 0.1) is 0 Å². The van der Waals surface area contributed by atoms with E-state index in [1.807, 2.05) is 35.0 Å². The van der Waals surface area contributed by atoms with E-state index >= 15 is 0 Å². The van der Waals surface area contributed by atoms with Crippen molar-refractivity contribution in [2.24, 2.45) is 0 Å². The van der Waals surface area contributed by atoms with Crippen LogP contribution in [-0.2, 0) is 17.8 Å². The second-order valence-electron chi connectivity index (χ2n) is 7.01. The number of aromatic nitrogens is 3. The molecule has 1 saturated heterocycles. The van der Waals surface area contributed by atoms with Crippen molar-refractivity contribution in [2.75, 3.05) is 26.7 Å². The normalized spacial score (nSPS) is 16.4. The van der Waals surface area contributed by atoms with Crippen LogP contribution >= 0.6 is 0 Å². The highest BCUT2D eigenvalue weighted by molar-refractivity contribution is 5.80. The fourth-order valence-electron chi connectivity index (χ4n) is 3.77. The molecular formula is C21H25N5O2. The number of benzene rings is 1. The van der Waals surface area contributed by atoms with Gasteiger partial charge >= 0.3 is 0 Å². The fraction of sp³-hybridized carbons (Fsp3) is 0.381. The van der Waals surface area contributed by atoms with Crippen molar-refractivity contribution in [3.63, 3.8) is 0 Å². The van der Waals surface area contributed by atoms with Gasteiger partial charge in [-0.15, -0.1) is 0 Å². The van der Waals surface area contributed by atoms with Crippen molar-refractivity contribution < 1.29 is 9.53 Å². The number of rotatable bonds is 7. The molecular weight excluding hydrogens is 354 g/mol. The first-order chi connectivity index (χ1) is 13.8. The number of para-hydroxylation sites is 1. The van der Waals surface area contributed by atoms with Gasteiger partial charge in [0, 0.05) is 36.2 Å². The molecule has 3 aromatic rings. The number of pyridine rings is 1. The second-order valence-corrected chi connectivity index (χ2v) is 7.01. The Bertz CT molecular complexity index is 962. The lowest BCUT2D eigenvalue weighted by Crippen LogP contribution is -2.29. The Kier molecular flexibility index (Phi) is 5.53. The number of hydrogen-bond acceptors (Lipinski definition) is 5. The van der Waals surface area contributed by atoms with Crippen molar-refractivity contribution in [2.45, 2.75) is 25.3 Å². The Morgan fingerprint density at radius 1 is 1.32 bits per heavy atom. The number of nitrogens with zero attached hydrogens (tertiary/aromatic N) is 3. The smallest absolute Gasteiger partial charge is 0.224 e. The molecule has 0 bridgehead atoms. The van der Waals surface area contributed by atoms with Gasteiger partial charge in [0.15, 0.2) is 5.65 Å². The van der Waals surface area contributed by atoms with E-state index < -0.39 is 0 Å². The minimum atomic E-state index is -0.0332. The molecule has 1 aliphatic rings. The number of ether oxygens (including phenoxy) is 1. The van der Waals surface area contributed by atoms with Crippen molar-refractivity contribution in [1.29, 1.82) is 0 Å². The van der Waals surface area contributed by atoms with E-state index in [1.165, 1.54) is 0 Å². The summed E-state index contributed by atoms with van der Waals surface area (Å²) in [7, 11) is 1.62. The van der Waals surface area contributed by atoms with Gasteiger partial charge in [0.2, 0.25) is 5.91 Å². The van der Waals surface area contributed by atoms with Crippen LogP contribution in [0.3, 0.4) is 0 Å². The molecule has 0 radical (unpaired) electrons. The van der Waals surface area contributed by atoms with Crippen LogP contribution in [0.4, 0.5) is 0 Å². The zero-order chi connectivity index (χ0) is 19.3. The summed E-state index contributed by atoms with van der Waals surface area (Å²) >= 11 is 0. The molecule has 7 heteroatoms. The van der Waals surface area contributed by atoms with Gasteiger partial charge in [0.1, 0.15) is 5.75 Å². The average molecular weight is 379 g/mol. The van der Waals surface area contributed by atoms with Crippen LogP contribution in [0.5, 0.6) is 5.75 Å². The van der Waals surface area contributed by atoms with Gasteiger partial charge in [0.05, 0.1) is 25.8 Å². The highest BCUT2D eigenvalue weighted by Gasteiger charge is 2.23. The molecule has 0 spiro atoms. The van der Waals surface area contributed by atoms with E-state index in [0.29, 0.717) is 25.4 Å². The van der Waals surface area contributed by atoms with E-state index in [4.69, 9.17) is 9.84 Å². The minimum absolute atomic E-state index is 0.0332. The summed E-state index contributed by atoms with van der Waals surface area (Å²) in [6.45, 7) is 3.07. The number of hydrogen-bond donors (Lipinski definition) is 2. The molecule has 3 heterocycles. The molecule has 0 saturated carbocycles. The van der Waals surface area contributed by atoms with E-state index in [2.05, 4.69) is 21.7 Å². The molecule has 0 unspecified atom stereocenters. The van der Waals surface area contributed by atoms with Gasteiger partial charge in [-0.25, -0.2) is 9.67 Å². The number of nitrogens with one attached hydrogen (secondary N) is 2. The zero-order valence-corrected chi connectivity index (χ0v) is 16.0. The lowest BCUT2D eigenvalue weighted by Gasteiger charge is -2.09. The van der Waals surface area contributed by atoms with Crippen molar-refractivity contribution in [3.05, 3.63) is 53.9 Å². The van der Waals surface area contributed by atoms with E-state index in [0.717, 1.165) is 47.6 Å². The Hall–Kier alpha value is -2.93. The maximum absolute atomic E-state index is 12.3. The van der Waals surface area contributed by atoms with Gasteiger partial charge in [-0.1, -0.05) is 18.2 Å². The summed E-state index contributed by atoms with van der Waals surface area (Å²) in [5, 5.41) is 12.3. The van der Waals surface area contributed by atoms with Crippen molar-refractivity contribution in [3.8, 4) is 5.75 Å². The van der Waals surface area contributed by atoms with Crippen LogP contribution < -0.4 is 15.4 Å². The third kappa shape index (κ3) is 3.84. The summed E-state index contributed by atoms with van der Waals surface area (Å²) in [6.07, 6.45) is 3.18. The molecule has 1 atom stereocenters. The van der Waals surface area contributed by atoms with Gasteiger partial charge in [-0.2, -0.15) is 5.10 Å². The highest BCUT2D eigenvalue weighted by Crippen LogP contribution is 2.27. The van der Waals surface area contributed by atoms with Gasteiger partial charge < -0.3 is 15.4 Å². The second kappa shape index (κ2) is 8.39. The maximum atomic E-state index is 12.3. The summed E-state index contributed by atoms with van der Waals surface area (Å²) in [6, 6.07) is 11.6. The first kappa shape index (κ1) is 18.4. The molecule has 2 aromatic heterocycles. The third-order valence-electron chi connectivity index (χ3n) is 5.17. The van der Waals surface area contributed by atoms with Crippen LogP contribution in [-0.4, -0.2) is 47.4 Å². The first-order valence-corrected chi connectivity index (χ1v) is 9.67. The number of carbonyl (C=O) groups is 1. The molecule has 4 rings (SSSR count). The molecule has 28 heavy (non-hydrogen) atoms. The Morgan fingerprint density at radius 2 is 2.21 bits per heavy atom. The molecule has 1 fully saturated rings. The summed E-state index contributed by atoms with van der Waals surface area (Å²) < 4.78 is 7.22. The molecule has 1 amide bonds. The van der Waals surface area contributed by atoms with Gasteiger partial charge in [-0.3, -0.25) is 4.79 Å². The Morgan fingerprint density at radius 3 is 3.04 bits per heavy atom. The molecule has 2 N–H and O–H groups in total. The number of carbonyl (C=O) groups excluding carboxylic acids is 1. The molecule has 7 nitrogen and oxygen atoms in total. The number of methoxy groups -OCH3 is 1. The largest absolute Gasteiger partial charge is 0.496 e. The molecule has 146 valence electrons. The average Bonchev–Trinajstić information content (AvgIpc) is 3.37. The molecule has 0 aliphatic carbocycles.